The Kier molecular flexibility index (Phi) is 6.66. The topological polar surface area (TPSA) is 0 Å². The molecule has 0 aromatic heterocycles. The average molecular weight is 180 g/mol. The smallest absolute Gasteiger partial charge is 0.0141 e. The van der Waals surface area contributed by atoms with Crippen molar-refractivity contribution >= 4 is 0 Å². The summed E-state index contributed by atoms with van der Waals surface area (Å²) in [5.41, 5.74) is 1.34. The number of hydrogen-bond acceptors (Lipinski definition) is 0. The van der Waals surface area contributed by atoms with Crippen LogP contribution in [0.2, 0.25) is 0 Å². The molecule has 0 saturated carbocycles. The molecule has 0 rings (SSSR count). The van der Waals surface area contributed by atoms with Gasteiger partial charge >= 0.3 is 0 Å². The van der Waals surface area contributed by atoms with Crippen molar-refractivity contribution in [3.8, 4) is 0 Å². The van der Waals surface area contributed by atoms with Crippen molar-refractivity contribution < 1.29 is 0 Å². The summed E-state index contributed by atoms with van der Waals surface area (Å²) >= 11 is 0. The van der Waals surface area contributed by atoms with Crippen molar-refractivity contribution in [1.29, 1.82) is 0 Å². The Morgan fingerprint density at radius 1 is 1.38 bits per heavy atom. The lowest BCUT2D eigenvalue weighted by atomic mass is 9.82. The van der Waals surface area contributed by atoms with E-state index in [-0.39, 0.29) is 0 Å². The summed E-state index contributed by atoms with van der Waals surface area (Å²) in [5, 5.41) is 0. The van der Waals surface area contributed by atoms with Crippen LogP contribution >= 0.6 is 0 Å². The van der Waals surface area contributed by atoms with E-state index in [0.717, 1.165) is 12.3 Å². The van der Waals surface area contributed by atoms with Gasteiger partial charge in [0.2, 0.25) is 0 Å². The molecule has 0 amide bonds. The first-order valence-corrected chi connectivity index (χ1v) is 5.45. The predicted octanol–water partition coefficient (Wildman–Crippen LogP) is 4.58. The molecule has 0 aliphatic rings. The van der Waals surface area contributed by atoms with E-state index in [0.29, 0.717) is 5.92 Å². The van der Waals surface area contributed by atoms with Crippen LogP contribution in [0.25, 0.3) is 0 Å². The van der Waals surface area contributed by atoms with Gasteiger partial charge in [-0.05, 0) is 18.3 Å². The third-order valence-electron chi connectivity index (χ3n) is 2.94. The van der Waals surface area contributed by atoms with Crippen LogP contribution in [-0.4, -0.2) is 0 Å². The zero-order chi connectivity index (χ0) is 10.3. The minimum absolute atomic E-state index is 0.656. The van der Waals surface area contributed by atoms with E-state index in [1.165, 1.54) is 24.8 Å². The summed E-state index contributed by atoms with van der Waals surface area (Å²) in [7, 11) is 0. The second-order valence-electron chi connectivity index (χ2n) is 3.90. The molecule has 0 aliphatic heterocycles. The molecule has 0 bridgehead atoms. The molecule has 0 aromatic rings. The van der Waals surface area contributed by atoms with Crippen LogP contribution in [0.5, 0.6) is 0 Å². The van der Waals surface area contributed by atoms with Crippen molar-refractivity contribution in [2.45, 2.75) is 46.5 Å². The van der Waals surface area contributed by atoms with Gasteiger partial charge in [0.15, 0.2) is 0 Å². The Bertz CT molecular complexity index is 155. The summed E-state index contributed by atoms with van der Waals surface area (Å²) in [6.45, 7) is 14.7. The number of allylic oxidation sites excluding steroid dienone is 2. The molecule has 2 unspecified atom stereocenters. The molecule has 0 saturated heterocycles. The van der Waals surface area contributed by atoms with Crippen LogP contribution in [0.4, 0.5) is 0 Å². The van der Waals surface area contributed by atoms with Gasteiger partial charge in [-0.15, -0.1) is 6.58 Å². The van der Waals surface area contributed by atoms with E-state index < -0.39 is 0 Å². The second kappa shape index (κ2) is 6.94. The maximum atomic E-state index is 4.12. The molecule has 13 heavy (non-hydrogen) atoms. The monoisotopic (exact) mass is 180 g/mol. The minimum Gasteiger partial charge on any atom is -0.103 e. The third kappa shape index (κ3) is 4.31. The Balaban J connectivity index is 4.09. The van der Waals surface area contributed by atoms with E-state index in [2.05, 4.69) is 33.9 Å². The van der Waals surface area contributed by atoms with Crippen LogP contribution < -0.4 is 0 Å². The van der Waals surface area contributed by atoms with E-state index in [1.54, 1.807) is 0 Å². The summed E-state index contributed by atoms with van der Waals surface area (Å²) in [5.74, 6) is 1.47. The molecule has 0 fully saturated rings. The molecule has 0 spiro atoms. The molecule has 76 valence electrons. The van der Waals surface area contributed by atoms with Crippen LogP contribution in [0, 0.1) is 11.8 Å². The maximum Gasteiger partial charge on any atom is -0.0141 e. The van der Waals surface area contributed by atoms with Crippen LogP contribution in [-0.2, 0) is 0 Å². The fraction of sp³-hybridized carbons (Fsp3) is 0.692. The zero-order valence-electron chi connectivity index (χ0n) is 9.47. The highest BCUT2D eigenvalue weighted by atomic mass is 14.2. The molecular weight excluding hydrogens is 156 g/mol. The van der Waals surface area contributed by atoms with E-state index in [9.17, 15) is 0 Å². The molecule has 0 heteroatoms. The van der Waals surface area contributed by atoms with Gasteiger partial charge in [0.05, 0.1) is 0 Å². The quantitative estimate of drug-likeness (QED) is 0.503. The van der Waals surface area contributed by atoms with Crippen LogP contribution in [0.1, 0.15) is 46.5 Å². The first-order chi connectivity index (χ1) is 6.17. The lowest BCUT2D eigenvalue weighted by Crippen LogP contribution is -2.12. The summed E-state index contributed by atoms with van der Waals surface area (Å²) in [6.07, 6.45) is 6.81. The highest BCUT2D eigenvalue weighted by molar-refractivity contribution is 5.05. The normalized spacial score (nSPS) is 15.0. The second-order valence-corrected chi connectivity index (χ2v) is 3.90. The fourth-order valence-corrected chi connectivity index (χ4v) is 1.88. The number of rotatable bonds is 7. The maximum absolute atomic E-state index is 4.12. The van der Waals surface area contributed by atoms with Crippen LogP contribution in [0.3, 0.4) is 0 Å². The molecule has 0 aromatic carbocycles. The van der Waals surface area contributed by atoms with Gasteiger partial charge in [-0.25, -0.2) is 0 Å². The van der Waals surface area contributed by atoms with E-state index >= 15 is 0 Å². The number of hydrogen-bond donors (Lipinski definition) is 0. The summed E-state index contributed by atoms with van der Waals surface area (Å²) in [6, 6.07) is 0. The lowest BCUT2D eigenvalue weighted by molar-refractivity contribution is 0.359. The highest BCUT2D eigenvalue weighted by Crippen LogP contribution is 2.27. The molecule has 0 heterocycles. The Labute approximate surface area is 83.7 Å². The van der Waals surface area contributed by atoms with Gasteiger partial charge in [-0.3, -0.25) is 0 Å². The van der Waals surface area contributed by atoms with Gasteiger partial charge in [0.25, 0.3) is 0 Å². The molecule has 0 nitrogen and oxygen atoms in total. The fourth-order valence-electron chi connectivity index (χ4n) is 1.88. The zero-order valence-corrected chi connectivity index (χ0v) is 9.47. The third-order valence-corrected chi connectivity index (χ3v) is 2.94. The molecule has 0 aliphatic carbocycles. The Morgan fingerprint density at radius 3 is 2.38 bits per heavy atom. The Morgan fingerprint density at radius 2 is 2.00 bits per heavy atom. The van der Waals surface area contributed by atoms with Gasteiger partial charge in [0, 0.05) is 0 Å². The van der Waals surface area contributed by atoms with Gasteiger partial charge in [0.1, 0.15) is 0 Å². The first kappa shape index (κ1) is 12.5. The summed E-state index contributed by atoms with van der Waals surface area (Å²) in [4.78, 5) is 0. The van der Waals surface area contributed by atoms with Crippen molar-refractivity contribution in [3.63, 3.8) is 0 Å². The van der Waals surface area contributed by atoms with Crippen molar-refractivity contribution in [2.24, 2.45) is 11.8 Å². The first-order valence-electron chi connectivity index (χ1n) is 5.45. The van der Waals surface area contributed by atoms with Crippen molar-refractivity contribution in [3.05, 3.63) is 24.8 Å². The lowest BCUT2D eigenvalue weighted by Gasteiger charge is -2.23. The summed E-state index contributed by atoms with van der Waals surface area (Å²) < 4.78 is 0. The van der Waals surface area contributed by atoms with Crippen LogP contribution in [0.15, 0.2) is 24.8 Å². The Hall–Kier alpha value is -0.520. The van der Waals surface area contributed by atoms with E-state index in [1.807, 2.05) is 6.08 Å². The highest BCUT2D eigenvalue weighted by Gasteiger charge is 2.16. The predicted molar refractivity (Wildman–Crippen MR) is 61.8 cm³/mol. The SMILES string of the molecule is C=CCC(=C)C(C)C(CC)CCC. The standard InChI is InChI=1S/C13H24/c1-6-9-11(4)12(5)13(8-3)10-7-2/h6,12-13H,1,4,7-10H2,2-3,5H3. The average Bonchev–Trinajstić information content (AvgIpc) is 2.13. The van der Waals surface area contributed by atoms with Gasteiger partial charge in [-0.2, -0.15) is 0 Å². The van der Waals surface area contributed by atoms with E-state index in [4.69, 9.17) is 0 Å². The minimum atomic E-state index is 0.656. The van der Waals surface area contributed by atoms with Gasteiger partial charge in [-0.1, -0.05) is 58.3 Å². The largest absolute Gasteiger partial charge is 0.103 e. The molecule has 0 radical (unpaired) electrons. The molecule has 0 N–H and O–H groups in total. The van der Waals surface area contributed by atoms with Crippen molar-refractivity contribution in [1.82, 2.24) is 0 Å². The van der Waals surface area contributed by atoms with Crippen molar-refractivity contribution in [2.75, 3.05) is 0 Å². The van der Waals surface area contributed by atoms with Gasteiger partial charge < -0.3 is 0 Å². The molecular formula is C13H24. The molecule has 2 atom stereocenters.